The number of carbonyl (C=O) groups is 1. The number of allylic oxidation sites excluding steroid dienone is 1. The second kappa shape index (κ2) is 10.4. The van der Waals surface area contributed by atoms with Crippen molar-refractivity contribution >= 4 is 29.2 Å². The summed E-state index contributed by atoms with van der Waals surface area (Å²) in [5, 5.41) is 0.980. The molecule has 0 spiro atoms. The van der Waals surface area contributed by atoms with Crippen LogP contribution in [0.2, 0.25) is 10.0 Å². The Balaban J connectivity index is 1.83. The highest BCUT2D eigenvalue weighted by molar-refractivity contribution is 6.35. The van der Waals surface area contributed by atoms with Crippen molar-refractivity contribution in [2.45, 2.75) is 6.92 Å². The van der Waals surface area contributed by atoms with Gasteiger partial charge in [0, 0.05) is 11.1 Å². The van der Waals surface area contributed by atoms with Gasteiger partial charge in [0.15, 0.2) is 0 Å². The molecule has 0 aliphatic heterocycles. The Labute approximate surface area is 162 Å². The first-order chi connectivity index (χ1) is 12.6. The van der Waals surface area contributed by atoms with Crippen LogP contribution in [0, 0.1) is 11.8 Å². The number of hydrogen-bond donors (Lipinski definition) is 0. The van der Waals surface area contributed by atoms with Gasteiger partial charge in [-0.25, -0.2) is 4.79 Å². The van der Waals surface area contributed by atoms with Crippen molar-refractivity contribution in [1.29, 1.82) is 0 Å². The second-order valence-corrected chi connectivity index (χ2v) is 5.69. The van der Waals surface area contributed by atoms with Crippen molar-refractivity contribution in [3.05, 3.63) is 64.7 Å². The first-order valence-corrected chi connectivity index (χ1v) is 8.51. The molecular formula is C20H16Cl2O4. The highest BCUT2D eigenvalue weighted by atomic mass is 35.5. The van der Waals surface area contributed by atoms with E-state index in [-0.39, 0.29) is 6.61 Å². The van der Waals surface area contributed by atoms with Gasteiger partial charge in [0.2, 0.25) is 0 Å². The van der Waals surface area contributed by atoms with Crippen LogP contribution in [-0.2, 0) is 9.53 Å². The van der Waals surface area contributed by atoms with Crippen LogP contribution in [0.25, 0.3) is 0 Å². The molecule has 0 bridgehead atoms. The molecule has 0 fully saturated rings. The Kier molecular flexibility index (Phi) is 7.88. The molecule has 0 aliphatic carbocycles. The third-order valence-corrected chi connectivity index (χ3v) is 3.48. The van der Waals surface area contributed by atoms with E-state index in [4.69, 9.17) is 37.4 Å². The number of benzene rings is 2. The number of halogens is 2. The molecule has 2 rings (SSSR count). The smallest absolute Gasteiger partial charge is 0.331 e. The average Bonchev–Trinajstić information content (AvgIpc) is 2.62. The Morgan fingerprint density at radius 2 is 1.85 bits per heavy atom. The molecular weight excluding hydrogens is 375 g/mol. The number of hydrogen-bond acceptors (Lipinski definition) is 4. The minimum absolute atomic E-state index is 0.191. The maximum atomic E-state index is 11.1. The normalized spacial score (nSPS) is 10.1. The van der Waals surface area contributed by atoms with Crippen molar-refractivity contribution < 1.29 is 19.0 Å². The van der Waals surface area contributed by atoms with Crippen LogP contribution in [0.4, 0.5) is 0 Å². The third kappa shape index (κ3) is 6.72. The quantitative estimate of drug-likeness (QED) is 0.382. The van der Waals surface area contributed by atoms with Gasteiger partial charge in [-0.3, -0.25) is 0 Å². The van der Waals surface area contributed by atoms with E-state index in [1.165, 1.54) is 12.2 Å². The molecule has 0 aliphatic rings. The average molecular weight is 391 g/mol. The Hall–Kier alpha value is -2.61. The topological polar surface area (TPSA) is 44.8 Å². The highest BCUT2D eigenvalue weighted by Gasteiger charge is 2.04. The van der Waals surface area contributed by atoms with Crippen molar-refractivity contribution in [2.75, 3.05) is 13.2 Å². The third-order valence-electron chi connectivity index (χ3n) is 2.95. The monoisotopic (exact) mass is 390 g/mol. The fourth-order valence-corrected chi connectivity index (χ4v) is 2.26. The summed E-state index contributed by atoms with van der Waals surface area (Å²) in [4.78, 5) is 11.1. The summed E-state index contributed by atoms with van der Waals surface area (Å²) in [6.45, 7) is 2.27. The van der Waals surface area contributed by atoms with E-state index in [0.29, 0.717) is 33.9 Å². The van der Waals surface area contributed by atoms with E-state index >= 15 is 0 Å². The lowest BCUT2D eigenvalue weighted by atomic mass is 10.3. The molecule has 0 unspecified atom stereocenters. The fraction of sp³-hybridized carbons (Fsp3) is 0.150. The summed E-state index contributed by atoms with van der Waals surface area (Å²) < 4.78 is 15.9. The summed E-state index contributed by atoms with van der Waals surface area (Å²) in [6.07, 6.45) is 2.69. The van der Waals surface area contributed by atoms with Crippen LogP contribution in [0.5, 0.6) is 17.2 Å². The van der Waals surface area contributed by atoms with Gasteiger partial charge in [-0.1, -0.05) is 35.0 Å². The number of rotatable bonds is 6. The van der Waals surface area contributed by atoms with Crippen LogP contribution < -0.4 is 9.47 Å². The summed E-state index contributed by atoms with van der Waals surface area (Å²) in [6, 6.07) is 12.1. The number of ether oxygens (including phenoxy) is 3. The van der Waals surface area contributed by atoms with Gasteiger partial charge in [0.1, 0.15) is 23.9 Å². The SMILES string of the molecule is CCOC(=O)/C=C/C#CCOc1ccc(Oc2ccc(Cl)cc2Cl)cc1. The molecule has 134 valence electrons. The standard InChI is InChI=1S/C20H16Cl2O4/c1-2-24-20(23)6-4-3-5-13-25-16-8-10-17(11-9-16)26-19-12-7-15(21)14-18(19)22/h4,6-12,14H,2,13H2,1H3/b6-4+. The van der Waals surface area contributed by atoms with Crippen LogP contribution in [0.15, 0.2) is 54.6 Å². The van der Waals surface area contributed by atoms with Crippen molar-refractivity contribution in [3.63, 3.8) is 0 Å². The maximum Gasteiger partial charge on any atom is 0.331 e. The maximum absolute atomic E-state index is 11.1. The van der Waals surface area contributed by atoms with Crippen molar-refractivity contribution in [1.82, 2.24) is 0 Å². The zero-order chi connectivity index (χ0) is 18.8. The van der Waals surface area contributed by atoms with Gasteiger partial charge in [-0.2, -0.15) is 0 Å². The van der Waals surface area contributed by atoms with Gasteiger partial charge >= 0.3 is 5.97 Å². The predicted molar refractivity (Wildman–Crippen MR) is 102 cm³/mol. The van der Waals surface area contributed by atoms with Gasteiger partial charge in [0.05, 0.1) is 11.6 Å². The zero-order valence-electron chi connectivity index (χ0n) is 14.0. The summed E-state index contributed by atoms with van der Waals surface area (Å²) in [5.74, 6) is 6.82. The van der Waals surface area contributed by atoms with Crippen LogP contribution in [0.1, 0.15) is 6.92 Å². The van der Waals surface area contributed by atoms with Crippen LogP contribution >= 0.6 is 23.2 Å². The summed E-state index contributed by atoms with van der Waals surface area (Å²) >= 11 is 11.9. The highest BCUT2D eigenvalue weighted by Crippen LogP contribution is 2.32. The van der Waals surface area contributed by atoms with E-state index < -0.39 is 5.97 Å². The van der Waals surface area contributed by atoms with E-state index in [0.717, 1.165) is 0 Å². The first kappa shape index (κ1) is 19.7. The lowest BCUT2D eigenvalue weighted by Crippen LogP contribution is -1.98. The first-order valence-electron chi connectivity index (χ1n) is 7.76. The Bertz CT molecular complexity index is 833. The van der Waals surface area contributed by atoms with E-state index in [1.54, 1.807) is 49.4 Å². The van der Waals surface area contributed by atoms with Gasteiger partial charge < -0.3 is 14.2 Å². The molecule has 6 heteroatoms. The molecule has 0 atom stereocenters. The molecule has 0 radical (unpaired) electrons. The lowest BCUT2D eigenvalue weighted by Gasteiger charge is -2.08. The fourth-order valence-electron chi connectivity index (χ4n) is 1.81. The van der Waals surface area contributed by atoms with Gasteiger partial charge in [-0.05, 0) is 55.5 Å². The van der Waals surface area contributed by atoms with Gasteiger partial charge in [0.25, 0.3) is 0 Å². The molecule has 0 aromatic heterocycles. The predicted octanol–water partition coefficient (Wildman–Crippen LogP) is 5.29. The summed E-state index contributed by atoms with van der Waals surface area (Å²) in [5.41, 5.74) is 0. The molecule has 2 aromatic rings. The molecule has 0 N–H and O–H groups in total. The molecule has 2 aromatic carbocycles. The van der Waals surface area contributed by atoms with E-state index in [9.17, 15) is 4.79 Å². The minimum atomic E-state index is -0.418. The molecule has 0 heterocycles. The van der Waals surface area contributed by atoms with Crippen molar-refractivity contribution in [2.24, 2.45) is 0 Å². The number of carbonyl (C=O) groups excluding carboxylic acids is 1. The Morgan fingerprint density at radius 3 is 2.54 bits per heavy atom. The number of esters is 1. The van der Waals surface area contributed by atoms with E-state index in [2.05, 4.69) is 11.8 Å². The zero-order valence-corrected chi connectivity index (χ0v) is 15.5. The minimum Gasteiger partial charge on any atom is -0.481 e. The Morgan fingerprint density at radius 1 is 1.12 bits per heavy atom. The largest absolute Gasteiger partial charge is 0.481 e. The molecule has 26 heavy (non-hydrogen) atoms. The molecule has 4 nitrogen and oxygen atoms in total. The van der Waals surface area contributed by atoms with Crippen molar-refractivity contribution in [3.8, 4) is 29.1 Å². The molecule has 0 saturated heterocycles. The van der Waals surface area contributed by atoms with E-state index in [1.807, 2.05) is 0 Å². The second-order valence-electron chi connectivity index (χ2n) is 4.84. The molecule has 0 saturated carbocycles. The van der Waals surface area contributed by atoms with Gasteiger partial charge in [-0.15, -0.1) is 0 Å². The van der Waals surface area contributed by atoms with Crippen LogP contribution in [0.3, 0.4) is 0 Å². The molecule has 0 amide bonds. The summed E-state index contributed by atoms with van der Waals surface area (Å²) in [7, 11) is 0. The van der Waals surface area contributed by atoms with Crippen LogP contribution in [-0.4, -0.2) is 19.2 Å². The lowest BCUT2D eigenvalue weighted by molar-refractivity contribution is -0.137.